The van der Waals surface area contributed by atoms with Crippen molar-refractivity contribution in [2.24, 2.45) is 0 Å². The Labute approximate surface area is 251 Å². The van der Waals surface area contributed by atoms with Crippen LogP contribution in [-0.4, -0.2) is 4.98 Å². The molecule has 7 aromatic rings. The van der Waals surface area contributed by atoms with E-state index in [1.165, 1.54) is 0 Å². The summed E-state index contributed by atoms with van der Waals surface area (Å²) >= 11 is 0. The Kier molecular flexibility index (Phi) is 7.23. The summed E-state index contributed by atoms with van der Waals surface area (Å²) in [4.78, 5) is 9.09. The molecule has 0 spiro atoms. The molecule has 0 aliphatic carbocycles. The van der Waals surface area contributed by atoms with E-state index in [1.807, 2.05) is 24.3 Å². The first kappa shape index (κ1) is 26.1. The quantitative estimate of drug-likeness (QED) is 0.187. The van der Waals surface area contributed by atoms with Crippen molar-refractivity contribution in [3.8, 4) is 22.8 Å². The molecule has 0 N–H and O–H groups in total. The Hall–Kier alpha value is -5.87. The molecule has 0 aliphatic heterocycles. The second-order valence-electron chi connectivity index (χ2n) is 10.1. The fourth-order valence-corrected chi connectivity index (χ4v) is 5.27. The highest BCUT2D eigenvalue weighted by atomic mass is 16.4. The van der Waals surface area contributed by atoms with Crippen LogP contribution in [0.25, 0.3) is 22.8 Å². The largest absolute Gasteiger partial charge is 0.436 e. The van der Waals surface area contributed by atoms with Crippen LogP contribution in [0.2, 0.25) is 0 Å². The SMILES string of the molecule is c1ccc(N(c2ccccc2)c2ccc(-c3cnc(-c4ccc(N(c5ccccc5)c5ccccc5)cc4)o3)cc2)cc1. The molecule has 0 amide bonds. The number of anilines is 6. The van der Waals surface area contributed by atoms with Crippen LogP contribution in [0.15, 0.2) is 180 Å². The van der Waals surface area contributed by atoms with Crippen molar-refractivity contribution >= 4 is 34.1 Å². The molecule has 0 saturated carbocycles. The molecule has 0 unspecified atom stereocenters. The number of hydrogen-bond acceptors (Lipinski definition) is 4. The lowest BCUT2D eigenvalue weighted by Crippen LogP contribution is -2.09. The highest BCUT2D eigenvalue weighted by Crippen LogP contribution is 2.37. The van der Waals surface area contributed by atoms with Gasteiger partial charge in [0, 0.05) is 45.3 Å². The van der Waals surface area contributed by atoms with Crippen molar-refractivity contribution in [3.63, 3.8) is 0 Å². The van der Waals surface area contributed by atoms with Gasteiger partial charge in [0.2, 0.25) is 5.89 Å². The molecule has 1 heterocycles. The van der Waals surface area contributed by atoms with Crippen LogP contribution in [0.3, 0.4) is 0 Å². The zero-order chi connectivity index (χ0) is 28.8. The molecule has 0 saturated heterocycles. The molecule has 1 aromatic heterocycles. The van der Waals surface area contributed by atoms with Crippen molar-refractivity contribution in [1.82, 2.24) is 4.98 Å². The van der Waals surface area contributed by atoms with E-state index in [9.17, 15) is 0 Å². The first-order valence-corrected chi connectivity index (χ1v) is 14.3. The molecule has 0 bridgehead atoms. The lowest BCUT2D eigenvalue weighted by atomic mass is 10.1. The van der Waals surface area contributed by atoms with E-state index in [0.29, 0.717) is 5.89 Å². The number of benzene rings is 6. The molecule has 0 aliphatic rings. The summed E-state index contributed by atoms with van der Waals surface area (Å²) in [7, 11) is 0. The van der Waals surface area contributed by atoms with Crippen LogP contribution >= 0.6 is 0 Å². The number of nitrogens with zero attached hydrogens (tertiary/aromatic N) is 3. The van der Waals surface area contributed by atoms with Gasteiger partial charge in [-0.3, -0.25) is 0 Å². The Bertz CT molecular complexity index is 1670. The van der Waals surface area contributed by atoms with E-state index >= 15 is 0 Å². The van der Waals surface area contributed by atoms with E-state index in [4.69, 9.17) is 4.42 Å². The van der Waals surface area contributed by atoms with Gasteiger partial charge in [0.05, 0.1) is 6.20 Å². The summed E-state index contributed by atoms with van der Waals surface area (Å²) < 4.78 is 6.26. The summed E-state index contributed by atoms with van der Waals surface area (Å²) in [6.07, 6.45) is 1.80. The maximum Gasteiger partial charge on any atom is 0.226 e. The molecule has 7 rings (SSSR count). The summed E-state index contributed by atoms with van der Waals surface area (Å²) in [5.41, 5.74) is 8.42. The van der Waals surface area contributed by atoms with Gasteiger partial charge < -0.3 is 14.2 Å². The smallest absolute Gasteiger partial charge is 0.226 e. The lowest BCUT2D eigenvalue weighted by molar-refractivity contribution is 0.589. The third-order valence-electron chi connectivity index (χ3n) is 7.35. The van der Waals surface area contributed by atoms with E-state index in [1.54, 1.807) is 6.20 Å². The van der Waals surface area contributed by atoms with Crippen molar-refractivity contribution in [2.45, 2.75) is 0 Å². The molecule has 0 fully saturated rings. The maximum atomic E-state index is 6.26. The third kappa shape index (κ3) is 5.54. The fraction of sp³-hybridized carbons (Fsp3) is 0. The summed E-state index contributed by atoms with van der Waals surface area (Å²) in [6.45, 7) is 0. The normalized spacial score (nSPS) is 10.8. The monoisotopic (exact) mass is 555 g/mol. The Balaban J connectivity index is 1.15. The van der Waals surface area contributed by atoms with Gasteiger partial charge in [-0.25, -0.2) is 4.98 Å². The van der Waals surface area contributed by atoms with Crippen LogP contribution < -0.4 is 9.80 Å². The van der Waals surface area contributed by atoms with Gasteiger partial charge in [0.15, 0.2) is 5.76 Å². The minimum Gasteiger partial charge on any atom is -0.436 e. The van der Waals surface area contributed by atoms with Crippen LogP contribution in [0, 0.1) is 0 Å². The topological polar surface area (TPSA) is 32.5 Å². The summed E-state index contributed by atoms with van der Waals surface area (Å²) in [5, 5.41) is 0. The predicted octanol–water partition coefficient (Wildman–Crippen LogP) is 10.9. The second-order valence-corrected chi connectivity index (χ2v) is 10.1. The van der Waals surface area contributed by atoms with Gasteiger partial charge in [0.1, 0.15) is 0 Å². The molecule has 6 aromatic carbocycles. The van der Waals surface area contributed by atoms with E-state index in [-0.39, 0.29) is 0 Å². The van der Waals surface area contributed by atoms with Crippen LogP contribution in [0.5, 0.6) is 0 Å². The molecule has 0 radical (unpaired) electrons. The summed E-state index contributed by atoms with van der Waals surface area (Å²) in [5.74, 6) is 1.32. The average molecular weight is 556 g/mol. The Morgan fingerprint density at radius 2 is 0.674 bits per heavy atom. The van der Waals surface area contributed by atoms with Gasteiger partial charge in [-0.05, 0) is 97.1 Å². The second kappa shape index (κ2) is 11.9. The minimum absolute atomic E-state index is 0.590. The van der Waals surface area contributed by atoms with Crippen LogP contribution in [0.1, 0.15) is 0 Å². The third-order valence-corrected chi connectivity index (χ3v) is 7.35. The molecule has 0 atom stereocenters. The number of oxazole rings is 1. The number of para-hydroxylation sites is 4. The summed E-state index contributed by atoms with van der Waals surface area (Å²) in [6, 6.07) is 58.3. The number of hydrogen-bond donors (Lipinski definition) is 0. The van der Waals surface area contributed by atoms with E-state index in [2.05, 4.69) is 160 Å². The number of aromatic nitrogens is 1. The lowest BCUT2D eigenvalue weighted by Gasteiger charge is -2.25. The zero-order valence-electron chi connectivity index (χ0n) is 23.5. The molecule has 4 nitrogen and oxygen atoms in total. The first-order valence-electron chi connectivity index (χ1n) is 14.3. The molecule has 206 valence electrons. The van der Waals surface area contributed by atoms with Gasteiger partial charge in [-0.2, -0.15) is 0 Å². The minimum atomic E-state index is 0.590. The fourth-order valence-electron chi connectivity index (χ4n) is 5.27. The van der Waals surface area contributed by atoms with E-state index < -0.39 is 0 Å². The molecule has 4 heteroatoms. The molecule has 43 heavy (non-hydrogen) atoms. The van der Waals surface area contributed by atoms with Crippen LogP contribution in [0.4, 0.5) is 34.1 Å². The maximum absolute atomic E-state index is 6.26. The highest BCUT2D eigenvalue weighted by molar-refractivity contribution is 5.79. The molecular formula is C39H29N3O. The van der Waals surface area contributed by atoms with Gasteiger partial charge in [-0.15, -0.1) is 0 Å². The first-order chi connectivity index (χ1) is 21.3. The van der Waals surface area contributed by atoms with Gasteiger partial charge >= 0.3 is 0 Å². The Morgan fingerprint density at radius 1 is 0.349 bits per heavy atom. The highest BCUT2D eigenvalue weighted by Gasteiger charge is 2.15. The average Bonchev–Trinajstić information content (AvgIpc) is 3.58. The van der Waals surface area contributed by atoms with Crippen molar-refractivity contribution in [1.29, 1.82) is 0 Å². The Morgan fingerprint density at radius 3 is 1.05 bits per heavy atom. The standard InChI is InChI=1S/C39H29N3O/c1-5-13-32(14-6-1)41(33-15-7-2-8-16-33)36-25-21-30(22-26-36)38-29-40-39(43-38)31-23-27-37(28-24-31)42(34-17-9-3-10-18-34)35-19-11-4-12-20-35/h1-29H. The zero-order valence-corrected chi connectivity index (χ0v) is 23.5. The van der Waals surface area contributed by atoms with Crippen molar-refractivity contribution in [3.05, 3.63) is 176 Å². The van der Waals surface area contributed by atoms with E-state index in [0.717, 1.165) is 51.0 Å². The van der Waals surface area contributed by atoms with Crippen LogP contribution in [-0.2, 0) is 0 Å². The van der Waals surface area contributed by atoms with Gasteiger partial charge in [-0.1, -0.05) is 72.8 Å². The van der Waals surface area contributed by atoms with Crippen molar-refractivity contribution in [2.75, 3.05) is 9.80 Å². The number of rotatable bonds is 8. The predicted molar refractivity (Wildman–Crippen MR) is 177 cm³/mol. The van der Waals surface area contributed by atoms with Crippen molar-refractivity contribution < 1.29 is 4.42 Å². The van der Waals surface area contributed by atoms with Gasteiger partial charge in [0.25, 0.3) is 0 Å². The molecular weight excluding hydrogens is 526 g/mol.